The van der Waals surface area contributed by atoms with Crippen molar-refractivity contribution in [3.63, 3.8) is 0 Å². The van der Waals surface area contributed by atoms with E-state index in [4.69, 9.17) is 23.2 Å². The highest BCUT2D eigenvalue weighted by atomic mass is 35.5. The highest BCUT2D eigenvalue weighted by Crippen LogP contribution is 2.37. The van der Waals surface area contributed by atoms with Crippen molar-refractivity contribution < 1.29 is 4.92 Å². The number of benzene rings is 2. The normalized spacial score (nSPS) is 12.5. The molecule has 0 bridgehead atoms. The quantitative estimate of drug-likeness (QED) is 0.520. The second-order valence-electron chi connectivity index (χ2n) is 5.44. The molecule has 23 heavy (non-hydrogen) atoms. The van der Waals surface area contributed by atoms with Gasteiger partial charge in [0.15, 0.2) is 0 Å². The number of H-pyrrole nitrogens is 1. The SMILES string of the molecule is Cc1[nH]c2ccccc2c1[C@@H](C[N+](=O)[O-])c1ccc(Cl)cc1Cl. The van der Waals surface area contributed by atoms with Gasteiger partial charge in [-0.2, -0.15) is 0 Å². The van der Waals surface area contributed by atoms with Gasteiger partial charge in [0.2, 0.25) is 6.54 Å². The predicted molar refractivity (Wildman–Crippen MR) is 93.2 cm³/mol. The first-order valence-electron chi connectivity index (χ1n) is 7.11. The first-order chi connectivity index (χ1) is 11.0. The van der Waals surface area contributed by atoms with E-state index in [1.54, 1.807) is 18.2 Å². The van der Waals surface area contributed by atoms with Crippen LogP contribution in [0.4, 0.5) is 0 Å². The summed E-state index contributed by atoms with van der Waals surface area (Å²) in [4.78, 5) is 14.2. The zero-order chi connectivity index (χ0) is 16.6. The summed E-state index contributed by atoms with van der Waals surface area (Å²) in [7, 11) is 0. The van der Waals surface area contributed by atoms with Crippen LogP contribution in [0.1, 0.15) is 22.7 Å². The van der Waals surface area contributed by atoms with E-state index in [1.165, 1.54) is 0 Å². The number of fused-ring (bicyclic) bond motifs is 1. The van der Waals surface area contributed by atoms with Gasteiger partial charge in [-0.25, -0.2) is 0 Å². The van der Waals surface area contributed by atoms with Gasteiger partial charge in [-0.3, -0.25) is 10.1 Å². The van der Waals surface area contributed by atoms with Crippen LogP contribution in [0.3, 0.4) is 0 Å². The molecule has 0 spiro atoms. The summed E-state index contributed by atoms with van der Waals surface area (Å²) in [6.45, 7) is 1.69. The number of nitrogens with zero attached hydrogens (tertiary/aromatic N) is 1. The van der Waals surface area contributed by atoms with E-state index in [-0.39, 0.29) is 11.5 Å². The van der Waals surface area contributed by atoms with Gasteiger partial charge in [0.1, 0.15) is 0 Å². The Morgan fingerprint density at radius 2 is 1.96 bits per heavy atom. The van der Waals surface area contributed by atoms with Crippen molar-refractivity contribution in [2.24, 2.45) is 0 Å². The molecule has 0 aliphatic heterocycles. The number of hydrogen-bond acceptors (Lipinski definition) is 2. The van der Waals surface area contributed by atoms with E-state index < -0.39 is 5.92 Å². The highest BCUT2D eigenvalue weighted by molar-refractivity contribution is 6.35. The minimum Gasteiger partial charge on any atom is -0.358 e. The second-order valence-corrected chi connectivity index (χ2v) is 6.29. The largest absolute Gasteiger partial charge is 0.358 e. The van der Waals surface area contributed by atoms with Gasteiger partial charge in [-0.1, -0.05) is 47.5 Å². The second kappa shape index (κ2) is 6.22. The smallest absolute Gasteiger partial charge is 0.214 e. The van der Waals surface area contributed by atoms with Crippen molar-refractivity contribution in [2.75, 3.05) is 6.54 Å². The molecule has 0 radical (unpaired) electrons. The molecule has 1 N–H and O–H groups in total. The van der Waals surface area contributed by atoms with E-state index in [0.717, 1.165) is 22.2 Å². The van der Waals surface area contributed by atoms with Crippen molar-refractivity contribution in [1.82, 2.24) is 4.98 Å². The van der Waals surface area contributed by atoms with Crippen LogP contribution < -0.4 is 0 Å². The molecule has 0 amide bonds. The summed E-state index contributed by atoms with van der Waals surface area (Å²) in [6, 6.07) is 12.9. The van der Waals surface area contributed by atoms with Gasteiger partial charge in [-0.05, 0) is 36.2 Å². The minimum absolute atomic E-state index is 0.232. The maximum Gasteiger partial charge on any atom is 0.214 e. The van der Waals surface area contributed by atoms with Crippen LogP contribution in [0.15, 0.2) is 42.5 Å². The fourth-order valence-corrected chi connectivity index (χ4v) is 3.57. The molecule has 6 heteroatoms. The van der Waals surface area contributed by atoms with Crippen molar-refractivity contribution in [1.29, 1.82) is 0 Å². The number of nitro groups is 1. The van der Waals surface area contributed by atoms with Crippen LogP contribution >= 0.6 is 23.2 Å². The summed E-state index contributed by atoms with van der Waals surface area (Å²) < 4.78 is 0. The molecule has 118 valence electrons. The van der Waals surface area contributed by atoms with E-state index in [1.807, 2.05) is 31.2 Å². The molecule has 1 atom stereocenters. The van der Waals surface area contributed by atoms with E-state index in [2.05, 4.69) is 4.98 Å². The topological polar surface area (TPSA) is 58.9 Å². The molecule has 0 saturated carbocycles. The average Bonchev–Trinajstić information content (AvgIpc) is 2.81. The van der Waals surface area contributed by atoms with Crippen molar-refractivity contribution >= 4 is 34.1 Å². The molecule has 0 aliphatic carbocycles. The number of rotatable bonds is 4. The monoisotopic (exact) mass is 348 g/mol. The summed E-state index contributed by atoms with van der Waals surface area (Å²) >= 11 is 12.3. The lowest BCUT2D eigenvalue weighted by Gasteiger charge is -2.16. The molecule has 0 aliphatic rings. The van der Waals surface area contributed by atoms with Gasteiger partial charge in [0.25, 0.3) is 0 Å². The molecular weight excluding hydrogens is 335 g/mol. The Hall–Kier alpha value is -2.04. The van der Waals surface area contributed by atoms with Crippen molar-refractivity contribution in [3.8, 4) is 0 Å². The Kier molecular flexibility index (Phi) is 4.28. The van der Waals surface area contributed by atoms with Gasteiger partial charge in [-0.15, -0.1) is 0 Å². The maximum atomic E-state index is 11.2. The highest BCUT2D eigenvalue weighted by Gasteiger charge is 2.27. The van der Waals surface area contributed by atoms with Crippen LogP contribution in [-0.2, 0) is 0 Å². The first kappa shape index (κ1) is 15.8. The fraction of sp³-hybridized carbons (Fsp3) is 0.176. The Balaban J connectivity index is 2.22. The van der Waals surface area contributed by atoms with Crippen LogP contribution in [0.25, 0.3) is 10.9 Å². The number of para-hydroxylation sites is 1. The standard InChI is InChI=1S/C17H14Cl2N2O2/c1-10-17(13-4-2-3-5-16(13)20-10)14(9-21(22)23)12-7-6-11(18)8-15(12)19/h2-8,14,20H,9H2,1H3/t14-/m0/s1. The zero-order valence-electron chi connectivity index (χ0n) is 12.3. The van der Waals surface area contributed by atoms with Gasteiger partial charge in [0, 0.05) is 31.6 Å². The molecule has 0 unspecified atom stereocenters. The Morgan fingerprint density at radius 3 is 2.65 bits per heavy atom. The maximum absolute atomic E-state index is 11.2. The van der Waals surface area contributed by atoms with Crippen molar-refractivity contribution in [3.05, 3.63) is 79.4 Å². The number of hydrogen-bond donors (Lipinski definition) is 1. The average molecular weight is 349 g/mol. The van der Waals surface area contributed by atoms with E-state index in [9.17, 15) is 10.1 Å². The van der Waals surface area contributed by atoms with Gasteiger partial charge in [0.05, 0.1) is 5.92 Å². The molecule has 1 aromatic heterocycles. The molecule has 3 aromatic rings. The summed E-state index contributed by atoms with van der Waals surface area (Å²) in [5.41, 5.74) is 3.48. The van der Waals surface area contributed by atoms with Crippen molar-refractivity contribution in [2.45, 2.75) is 12.8 Å². The number of nitrogens with one attached hydrogen (secondary N) is 1. The summed E-state index contributed by atoms with van der Waals surface area (Å²) in [5.74, 6) is -0.439. The van der Waals surface area contributed by atoms with Crippen LogP contribution in [0.2, 0.25) is 10.0 Å². The lowest BCUT2D eigenvalue weighted by atomic mass is 9.89. The lowest BCUT2D eigenvalue weighted by Crippen LogP contribution is -2.15. The Bertz CT molecular complexity index is 889. The minimum atomic E-state index is -0.439. The number of aromatic nitrogens is 1. The number of aromatic amines is 1. The van der Waals surface area contributed by atoms with Gasteiger partial charge < -0.3 is 4.98 Å². The van der Waals surface area contributed by atoms with E-state index in [0.29, 0.717) is 15.6 Å². The van der Waals surface area contributed by atoms with E-state index >= 15 is 0 Å². The first-order valence-corrected chi connectivity index (χ1v) is 7.87. The molecule has 1 heterocycles. The third kappa shape index (κ3) is 3.05. The Morgan fingerprint density at radius 1 is 1.22 bits per heavy atom. The van der Waals surface area contributed by atoms with Crippen LogP contribution in [0, 0.1) is 17.0 Å². The summed E-state index contributed by atoms with van der Waals surface area (Å²) in [5, 5.41) is 13.2. The number of halogens is 2. The van der Waals surface area contributed by atoms with Crippen LogP contribution in [-0.4, -0.2) is 16.5 Å². The summed E-state index contributed by atoms with van der Waals surface area (Å²) in [6.07, 6.45) is 0. The zero-order valence-corrected chi connectivity index (χ0v) is 13.9. The Labute approximate surface area is 143 Å². The molecular formula is C17H14Cl2N2O2. The van der Waals surface area contributed by atoms with Crippen LogP contribution in [0.5, 0.6) is 0 Å². The third-order valence-electron chi connectivity index (χ3n) is 3.96. The molecule has 4 nitrogen and oxygen atoms in total. The predicted octanol–water partition coefficient (Wildman–Crippen LogP) is 5.19. The fourth-order valence-electron chi connectivity index (χ4n) is 3.03. The lowest BCUT2D eigenvalue weighted by molar-refractivity contribution is -0.481. The van der Waals surface area contributed by atoms with Gasteiger partial charge >= 0.3 is 0 Å². The third-order valence-corrected chi connectivity index (χ3v) is 4.52. The molecule has 2 aromatic carbocycles. The molecule has 0 fully saturated rings. The molecule has 3 rings (SSSR count). The molecule has 0 saturated heterocycles. The number of aryl methyl sites for hydroxylation is 1.